The summed E-state index contributed by atoms with van der Waals surface area (Å²) in [5.74, 6) is 0. The van der Waals surface area contributed by atoms with Crippen LogP contribution in [0.4, 0.5) is 0 Å². The number of hydrogen-bond donors (Lipinski definition) is 0. The number of aromatic nitrogens is 1. The van der Waals surface area contributed by atoms with Crippen LogP contribution in [-0.4, -0.2) is 23.0 Å². The van der Waals surface area contributed by atoms with Crippen molar-refractivity contribution in [3.05, 3.63) is 95.8 Å². The van der Waals surface area contributed by atoms with Gasteiger partial charge < -0.3 is 0 Å². The van der Waals surface area contributed by atoms with Gasteiger partial charge in [0.25, 0.3) is 0 Å². The number of nitrogens with zero attached hydrogens (tertiary/aromatic N) is 2. The molecule has 2 aromatic carbocycles. The lowest BCUT2D eigenvalue weighted by atomic mass is 9.99. The highest BCUT2D eigenvalue weighted by atomic mass is 15.1. The summed E-state index contributed by atoms with van der Waals surface area (Å²) >= 11 is 0. The number of aryl methyl sites for hydroxylation is 1. The van der Waals surface area contributed by atoms with Gasteiger partial charge in [-0.05, 0) is 41.7 Å². The molecule has 2 nitrogen and oxygen atoms in total. The maximum Gasteiger partial charge on any atom is 0.0346 e. The molecule has 0 amide bonds. The second kappa shape index (κ2) is 7.67. The van der Waals surface area contributed by atoms with Crippen LogP contribution in [-0.2, 0) is 6.54 Å². The van der Waals surface area contributed by atoms with Crippen LogP contribution >= 0.6 is 0 Å². The molecule has 3 aromatic rings. The van der Waals surface area contributed by atoms with Gasteiger partial charge in [-0.25, -0.2) is 0 Å². The third kappa shape index (κ3) is 3.92. The molecule has 0 saturated heterocycles. The van der Waals surface area contributed by atoms with Gasteiger partial charge in [0, 0.05) is 37.6 Å². The zero-order valence-corrected chi connectivity index (χ0v) is 15.2. The van der Waals surface area contributed by atoms with Crippen LogP contribution in [0, 0.1) is 6.92 Å². The molecule has 0 N–H and O–H groups in total. The predicted octanol–water partition coefficient (Wildman–Crippen LogP) is 5.35. The zero-order chi connectivity index (χ0) is 17.8. The van der Waals surface area contributed by atoms with Gasteiger partial charge in [0.2, 0.25) is 0 Å². The van der Waals surface area contributed by atoms with E-state index in [1.165, 1.54) is 33.4 Å². The second-order valence-electron chi connectivity index (χ2n) is 7.03. The molecule has 1 aliphatic heterocycles. The summed E-state index contributed by atoms with van der Waals surface area (Å²) in [6.45, 7) is 5.16. The lowest BCUT2D eigenvalue weighted by Crippen LogP contribution is -2.28. The molecular weight excluding hydrogens is 316 g/mol. The van der Waals surface area contributed by atoms with Crippen LogP contribution in [0.15, 0.2) is 79.1 Å². The van der Waals surface area contributed by atoms with Crippen LogP contribution < -0.4 is 0 Å². The van der Waals surface area contributed by atoms with Crippen molar-refractivity contribution in [3.8, 4) is 11.1 Å². The third-order valence-electron chi connectivity index (χ3n) is 5.02. The number of pyridine rings is 1. The van der Waals surface area contributed by atoms with E-state index < -0.39 is 0 Å². The third-order valence-corrected chi connectivity index (χ3v) is 5.02. The Kier molecular flexibility index (Phi) is 4.94. The minimum absolute atomic E-state index is 0.950. The lowest BCUT2D eigenvalue weighted by Gasteiger charge is -2.26. The highest BCUT2D eigenvalue weighted by Crippen LogP contribution is 2.24. The average molecular weight is 340 g/mol. The maximum atomic E-state index is 4.47. The fourth-order valence-electron chi connectivity index (χ4n) is 3.51. The highest BCUT2D eigenvalue weighted by Gasteiger charge is 2.13. The zero-order valence-electron chi connectivity index (χ0n) is 15.2. The van der Waals surface area contributed by atoms with E-state index in [1.54, 1.807) is 0 Å². The molecule has 0 radical (unpaired) electrons. The van der Waals surface area contributed by atoms with Gasteiger partial charge in [0.05, 0.1) is 0 Å². The monoisotopic (exact) mass is 340 g/mol. The summed E-state index contributed by atoms with van der Waals surface area (Å²) in [6, 6.07) is 21.6. The largest absolute Gasteiger partial charge is 0.295 e. The molecule has 26 heavy (non-hydrogen) atoms. The van der Waals surface area contributed by atoms with Crippen molar-refractivity contribution in [2.45, 2.75) is 19.9 Å². The van der Waals surface area contributed by atoms with E-state index in [0.717, 1.165) is 26.1 Å². The molecule has 0 fully saturated rings. The van der Waals surface area contributed by atoms with Crippen molar-refractivity contribution >= 4 is 5.57 Å². The van der Waals surface area contributed by atoms with Crippen LogP contribution in [0.2, 0.25) is 0 Å². The van der Waals surface area contributed by atoms with Crippen LogP contribution in [0.3, 0.4) is 0 Å². The van der Waals surface area contributed by atoms with Crippen LogP contribution in [0.5, 0.6) is 0 Å². The second-order valence-corrected chi connectivity index (χ2v) is 7.03. The van der Waals surface area contributed by atoms with Crippen molar-refractivity contribution in [3.63, 3.8) is 0 Å². The van der Waals surface area contributed by atoms with E-state index in [2.05, 4.69) is 83.5 Å². The Labute approximate surface area is 155 Å². The average Bonchev–Trinajstić information content (AvgIpc) is 2.70. The van der Waals surface area contributed by atoms with E-state index in [1.807, 2.05) is 12.4 Å². The van der Waals surface area contributed by atoms with Gasteiger partial charge in [-0.3, -0.25) is 9.88 Å². The summed E-state index contributed by atoms with van der Waals surface area (Å²) < 4.78 is 0. The predicted molar refractivity (Wildman–Crippen MR) is 109 cm³/mol. The SMILES string of the molecule is Cc1ccc(-c2cncc(CN3CC=C(c4ccccc4)CC3)c2)cc1. The fourth-order valence-corrected chi connectivity index (χ4v) is 3.51. The molecule has 0 spiro atoms. The first-order chi connectivity index (χ1) is 12.8. The number of benzene rings is 2. The molecule has 0 unspecified atom stereocenters. The van der Waals surface area contributed by atoms with Gasteiger partial charge in [0.15, 0.2) is 0 Å². The molecule has 1 aromatic heterocycles. The van der Waals surface area contributed by atoms with E-state index in [9.17, 15) is 0 Å². The van der Waals surface area contributed by atoms with Crippen molar-refractivity contribution in [2.24, 2.45) is 0 Å². The van der Waals surface area contributed by atoms with Gasteiger partial charge in [-0.1, -0.05) is 66.2 Å². The van der Waals surface area contributed by atoms with Gasteiger partial charge in [-0.15, -0.1) is 0 Å². The molecule has 0 aliphatic carbocycles. The van der Waals surface area contributed by atoms with E-state index in [0.29, 0.717) is 0 Å². The molecular formula is C24H24N2. The molecule has 0 bridgehead atoms. The quantitative estimate of drug-likeness (QED) is 0.637. The number of rotatable bonds is 4. The van der Waals surface area contributed by atoms with Crippen LogP contribution in [0.25, 0.3) is 16.7 Å². The Morgan fingerprint density at radius 3 is 2.42 bits per heavy atom. The Hall–Kier alpha value is -2.71. The molecule has 0 atom stereocenters. The van der Waals surface area contributed by atoms with Crippen molar-refractivity contribution in [2.75, 3.05) is 13.1 Å². The Morgan fingerprint density at radius 2 is 1.69 bits per heavy atom. The maximum absolute atomic E-state index is 4.47. The first-order valence-corrected chi connectivity index (χ1v) is 9.26. The highest BCUT2D eigenvalue weighted by molar-refractivity contribution is 5.66. The summed E-state index contributed by atoms with van der Waals surface area (Å²) in [5.41, 5.74) is 7.81. The molecule has 2 heterocycles. The summed E-state index contributed by atoms with van der Waals surface area (Å²) in [6.07, 6.45) is 7.43. The summed E-state index contributed by atoms with van der Waals surface area (Å²) in [7, 11) is 0. The summed E-state index contributed by atoms with van der Waals surface area (Å²) in [4.78, 5) is 6.96. The van der Waals surface area contributed by atoms with Crippen molar-refractivity contribution < 1.29 is 0 Å². The minimum atomic E-state index is 0.950. The van der Waals surface area contributed by atoms with E-state index in [-0.39, 0.29) is 0 Å². The van der Waals surface area contributed by atoms with E-state index in [4.69, 9.17) is 0 Å². The Balaban J connectivity index is 1.45. The molecule has 4 rings (SSSR count). The van der Waals surface area contributed by atoms with Crippen molar-refractivity contribution in [1.82, 2.24) is 9.88 Å². The fraction of sp³-hybridized carbons (Fsp3) is 0.208. The Morgan fingerprint density at radius 1 is 0.885 bits per heavy atom. The molecule has 2 heteroatoms. The van der Waals surface area contributed by atoms with Gasteiger partial charge in [-0.2, -0.15) is 0 Å². The Bertz CT molecular complexity index is 895. The van der Waals surface area contributed by atoms with Crippen LogP contribution in [0.1, 0.15) is 23.1 Å². The molecule has 1 aliphatic rings. The first kappa shape index (κ1) is 16.7. The van der Waals surface area contributed by atoms with Gasteiger partial charge in [0.1, 0.15) is 0 Å². The standard InChI is InChI=1S/C24H24N2/c1-19-7-9-22(10-8-19)24-15-20(16-25-17-24)18-26-13-11-23(12-14-26)21-5-3-2-4-6-21/h2-11,15-17H,12-14,18H2,1H3. The normalized spacial score (nSPS) is 14.9. The molecule has 0 saturated carbocycles. The number of hydrogen-bond acceptors (Lipinski definition) is 2. The topological polar surface area (TPSA) is 16.1 Å². The minimum Gasteiger partial charge on any atom is -0.295 e. The summed E-state index contributed by atoms with van der Waals surface area (Å²) in [5, 5.41) is 0. The first-order valence-electron chi connectivity index (χ1n) is 9.26. The van der Waals surface area contributed by atoms with E-state index >= 15 is 0 Å². The smallest absolute Gasteiger partial charge is 0.0346 e. The van der Waals surface area contributed by atoms with Gasteiger partial charge >= 0.3 is 0 Å². The van der Waals surface area contributed by atoms with Crippen molar-refractivity contribution in [1.29, 1.82) is 0 Å². The lowest BCUT2D eigenvalue weighted by molar-refractivity contribution is 0.293. The molecule has 130 valence electrons.